The molecule has 48 heavy (non-hydrogen) atoms. The number of hydrogen-bond donors (Lipinski definition) is 2. The summed E-state index contributed by atoms with van der Waals surface area (Å²) in [5, 5.41) is 12.3. The highest BCUT2D eigenvalue weighted by molar-refractivity contribution is 5.81. The number of carboxylic acid groups (broad SMARTS) is 1. The average Bonchev–Trinajstić information content (AvgIpc) is 3.33. The van der Waals surface area contributed by atoms with Gasteiger partial charge >= 0.3 is 35.9 Å². The first-order chi connectivity index (χ1) is 22.8. The van der Waals surface area contributed by atoms with Crippen LogP contribution in [-0.4, -0.2) is 97.1 Å². The van der Waals surface area contributed by atoms with Gasteiger partial charge in [0.15, 0.2) is 30.6 Å². The van der Waals surface area contributed by atoms with E-state index in [1.54, 1.807) is 0 Å². The number of fused-ring (bicyclic) bond motifs is 3. The van der Waals surface area contributed by atoms with Gasteiger partial charge in [0.25, 0.3) is 0 Å². The maximum absolute atomic E-state index is 13.0. The van der Waals surface area contributed by atoms with Crippen molar-refractivity contribution < 1.29 is 67.0 Å². The van der Waals surface area contributed by atoms with E-state index < -0.39 is 85.4 Å². The van der Waals surface area contributed by atoms with Crippen LogP contribution < -0.4 is 5.32 Å². The summed E-state index contributed by atoms with van der Waals surface area (Å²) in [6, 6.07) is 13.7. The van der Waals surface area contributed by atoms with E-state index in [-0.39, 0.29) is 12.5 Å². The van der Waals surface area contributed by atoms with Crippen LogP contribution in [0.15, 0.2) is 48.5 Å². The van der Waals surface area contributed by atoms with Crippen molar-refractivity contribution in [1.29, 1.82) is 0 Å². The molecule has 2 N–H and O–H groups in total. The second-order valence-corrected chi connectivity index (χ2v) is 11.2. The predicted octanol–water partition coefficient (Wildman–Crippen LogP) is 2.47. The number of alkyl carbamates (subject to hydrolysis) is 1. The van der Waals surface area contributed by atoms with E-state index in [1.807, 2.05) is 48.5 Å². The van der Waals surface area contributed by atoms with Crippen molar-refractivity contribution >= 4 is 35.9 Å². The minimum Gasteiger partial charge on any atom is -0.480 e. The van der Waals surface area contributed by atoms with E-state index in [0.29, 0.717) is 0 Å². The summed E-state index contributed by atoms with van der Waals surface area (Å²) >= 11 is 0. The van der Waals surface area contributed by atoms with Gasteiger partial charge in [-0.2, -0.15) is 0 Å². The van der Waals surface area contributed by atoms with Crippen LogP contribution in [-0.2, 0) is 57.1 Å². The number of amides is 1. The second-order valence-electron chi connectivity index (χ2n) is 11.2. The lowest BCUT2D eigenvalue weighted by atomic mass is 9.98. The lowest BCUT2D eigenvalue weighted by molar-refractivity contribution is -0.316. The zero-order valence-electron chi connectivity index (χ0n) is 26.9. The molecule has 1 aliphatic heterocycles. The molecular weight excluding hydrogens is 634 g/mol. The minimum absolute atomic E-state index is 0.0822. The number of carboxylic acids is 1. The summed E-state index contributed by atoms with van der Waals surface area (Å²) in [6.45, 7) is 5.02. The molecule has 2 aromatic rings. The Morgan fingerprint density at radius 2 is 1.25 bits per heavy atom. The van der Waals surface area contributed by atoms with Crippen LogP contribution in [0.5, 0.6) is 0 Å². The summed E-state index contributed by atoms with van der Waals surface area (Å²) in [7, 11) is 0. The fourth-order valence-corrected chi connectivity index (χ4v) is 5.74. The smallest absolute Gasteiger partial charge is 0.407 e. The van der Waals surface area contributed by atoms with E-state index >= 15 is 0 Å². The third-order valence-corrected chi connectivity index (χ3v) is 7.65. The molecule has 0 aromatic heterocycles. The Morgan fingerprint density at radius 1 is 0.729 bits per heavy atom. The third-order valence-electron chi connectivity index (χ3n) is 7.65. The van der Waals surface area contributed by atoms with Gasteiger partial charge in [-0.25, -0.2) is 9.59 Å². The van der Waals surface area contributed by atoms with Crippen molar-refractivity contribution in [1.82, 2.24) is 5.32 Å². The molecule has 1 amide bonds. The lowest BCUT2D eigenvalue weighted by Gasteiger charge is -2.44. The van der Waals surface area contributed by atoms with Crippen molar-refractivity contribution in [2.45, 2.75) is 83.4 Å². The molecule has 2 aliphatic rings. The van der Waals surface area contributed by atoms with Crippen LogP contribution in [0.3, 0.4) is 0 Å². The maximum atomic E-state index is 13.0. The number of rotatable bonds is 12. The lowest BCUT2D eigenvalue weighted by Crippen LogP contribution is -2.64. The van der Waals surface area contributed by atoms with E-state index in [9.17, 15) is 33.9 Å². The van der Waals surface area contributed by atoms with E-state index in [2.05, 4.69) is 5.32 Å². The summed E-state index contributed by atoms with van der Waals surface area (Å²) in [4.78, 5) is 73.0. The molecule has 0 saturated carbocycles. The number of ether oxygens (including phenoxy) is 7. The molecule has 0 bridgehead atoms. The summed E-state index contributed by atoms with van der Waals surface area (Å²) in [6.07, 6.45) is -9.95. The van der Waals surface area contributed by atoms with Gasteiger partial charge in [-0.3, -0.25) is 19.2 Å². The molecule has 0 radical (unpaired) electrons. The third kappa shape index (κ3) is 8.66. The van der Waals surface area contributed by atoms with Crippen molar-refractivity contribution in [2.75, 3.05) is 13.2 Å². The van der Waals surface area contributed by atoms with Crippen molar-refractivity contribution in [3.63, 3.8) is 0 Å². The summed E-state index contributed by atoms with van der Waals surface area (Å²) < 4.78 is 38.3. The first-order valence-electron chi connectivity index (χ1n) is 15.1. The van der Waals surface area contributed by atoms with Gasteiger partial charge in [-0.15, -0.1) is 0 Å². The van der Waals surface area contributed by atoms with Gasteiger partial charge in [-0.05, 0) is 29.2 Å². The highest BCUT2D eigenvalue weighted by atomic mass is 16.7. The Balaban J connectivity index is 1.52. The average molecular weight is 672 g/mol. The molecular formula is C33H37NO14. The molecule has 258 valence electrons. The predicted molar refractivity (Wildman–Crippen MR) is 162 cm³/mol. The summed E-state index contributed by atoms with van der Waals surface area (Å²) in [5.41, 5.74) is 3.94. The van der Waals surface area contributed by atoms with Crippen molar-refractivity contribution in [2.24, 2.45) is 0 Å². The molecule has 0 spiro atoms. The fraction of sp³-hybridized carbons (Fsp3) is 0.455. The van der Waals surface area contributed by atoms with Crippen molar-refractivity contribution in [3.05, 3.63) is 59.7 Å². The van der Waals surface area contributed by atoms with Gasteiger partial charge in [-0.1, -0.05) is 48.5 Å². The quantitative estimate of drug-likeness (QED) is 0.246. The Labute approximate surface area is 275 Å². The Bertz CT molecular complexity index is 1500. The monoisotopic (exact) mass is 671 g/mol. The zero-order valence-corrected chi connectivity index (χ0v) is 26.9. The molecule has 1 fully saturated rings. The Hall–Kier alpha value is -5.02. The van der Waals surface area contributed by atoms with Crippen LogP contribution in [0, 0.1) is 0 Å². The number of carbonyl (C=O) groups is 6. The molecule has 1 aliphatic carbocycles. The molecule has 1 heterocycles. The van der Waals surface area contributed by atoms with E-state index in [0.717, 1.165) is 49.9 Å². The highest BCUT2D eigenvalue weighted by Gasteiger charge is 2.53. The number of esters is 4. The van der Waals surface area contributed by atoms with Gasteiger partial charge in [0.1, 0.15) is 19.3 Å². The minimum atomic E-state index is -1.72. The molecule has 15 heteroatoms. The molecule has 7 atom stereocenters. The van der Waals surface area contributed by atoms with Gasteiger partial charge in [0.05, 0.1) is 6.10 Å². The molecule has 2 aromatic carbocycles. The number of benzene rings is 2. The van der Waals surface area contributed by atoms with E-state index in [1.165, 1.54) is 6.92 Å². The van der Waals surface area contributed by atoms with Crippen LogP contribution in [0.1, 0.15) is 51.7 Å². The zero-order chi connectivity index (χ0) is 35.1. The molecule has 4 rings (SSSR count). The summed E-state index contributed by atoms with van der Waals surface area (Å²) in [5.74, 6) is -5.03. The topological polar surface area (TPSA) is 199 Å². The van der Waals surface area contributed by atoms with Crippen LogP contribution in [0.25, 0.3) is 11.1 Å². The Morgan fingerprint density at radius 3 is 1.77 bits per heavy atom. The SMILES string of the molecule is CC(=O)OC[C@@H]1O[C@H](O[C@H](C)[C@H](NC(=O)OCC2c3ccccc3-c3ccccc32)C(=O)O)[C@@H](OC(C)=O)[C@H](OC(C)=O)[C@@H]1OC(C)=O. The number of nitrogens with one attached hydrogen (secondary N) is 1. The molecule has 15 nitrogen and oxygen atoms in total. The van der Waals surface area contributed by atoms with Gasteiger partial charge in [0, 0.05) is 33.6 Å². The molecule has 1 saturated heterocycles. The van der Waals surface area contributed by atoms with Crippen LogP contribution in [0.4, 0.5) is 4.79 Å². The number of hydrogen-bond acceptors (Lipinski definition) is 13. The maximum Gasteiger partial charge on any atom is 0.407 e. The van der Waals surface area contributed by atoms with Gasteiger partial charge < -0.3 is 43.6 Å². The largest absolute Gasteiger partial charge is 0.480 e. The standard InChI is InChI=1S/C33H37NO14/c1-16(27(31(39)40)34-33(41)43-14-25-23-12-8-6-10-21(23)22-11-7-9-13-24(22)25)44-32-30(47-20(5)38)29(46-19(4)37)28(45-18(3)36)26(48-32)15-42-17(2)35/h6-13,16,25-30,32H,14-15H2,1-5H3,(H,34,41)(H,39,40)/t16-,26+,27+,28-,29-,30+,32+/m1/s1. The number of aliphatic carboxylic acids is 1. The van der Waals surface area contributed by atoms with E-state index in [4.69, 9.17) is 33.2 Å². The first kappa shape index (κ1) is 35.8. The molecule has 0 unspecified atom stereocenters. The number of carbonyl (C=O) groups excluding carboxylic acids is 5. The Kier molecular flexibility index (Phi) is 11.7. The van der Waals surface area contributed by atoms with Crippen LogP contribution in [0.2, 0.25) is 0 Å². The fourth-order valence-electron chi connectivity index (χ4n) is 5.74. The normalized spacial score (nSPS) is 22.6. The first-order valence-corrected chi connectivity index (χ1v) is 15.1. The van der Waals surface area contributed by atoms with Gasteiger partial charge in [0.2, 0.25) is 0 Å². The second kappa shape index (κ2) is 15.7. The highest BCUT2D eigenvalue weighted by Crippen LogP contribution is 2.44. The van der Waals surface area contributed by atoms with Crippen LogP contribution >= 0.6 is 0 Å². The van der Waals surface area contributed by atoms with Crippen molar-refractivity contribution in [3.8, 4) is 11.1 Å².